The summed E-state index contributed by atoms with van der Waals surface area (Å²) >= 11 is 12.0. The fourth-order valence-corrected chi connectivity index (χ4v) is 3.42. The Kier molecular flexibility index (Phi) is 6.52. The maximum Gasteiger partial charge on any atom is 0.166 e. The number of hydrogen-bond donors (Lipinski definition) is 3. The smallest absolute Gasteiger partial charge is 0.166 e. The van der Waals surface area contributed by atoms with Crippen molar-refractivity contribution in [3.05, 3.63) is 87.9 Å². The molecule has 0 spiro atoms. The highest BCUT2D eigenvalue weighted by Crippen LogP contribution is 2.35. The van der Waals surface area contributed by atoms with E-state index in [1.807, 2.05) is 30.3 Å². The summed E-state index contributed by atoms with van der Waals surface area (Å²) in [5.41, 5.74) is 2.20. The van der Waals surface area contributed by atoms with Crippen molar-refractivity contribution < 1.29 is 15.3 Å². The topological polar surface area (TPSA) is 78.5 Å². The van der Waals surface area contributed by atoms with E-state index in [-0.39, 0.29) is 23.5 Å². The van der Waals surface area contributed by atoms with Crippen LogP contribution in [-0.4, -0.2) is 31.0 Å². The van der Waals surface area contributed by atoms with E-state index in [1.54, 1.807) is 28.8 Å². The lowest BCUT2D eigenvalue weighted by Crippen LogP contribution is -2.29. The molecule has 0 aliphatic carbocycles. The van der Waals surface area contributed by atoms with Crippen molar-refractivity contribution in [3.8, 4) is 0 Å². The number of rotatable bonds is 7. The molecule has 3 aromatic rings. The number of aliphatic hydroxyl groups is 3. The first-order valence-electron chi connectivity index (χ1n) is 8.48. The standard InChI is InChI=1S/C20H20Cl2N2O3/c21-19-20(22)24(12-23-19)10-16(26)17(14-4-2-1-3-5-14)18(27)15-8-6-13(11-25)7-9-15/h1-9,12,16-18,25-27H,10-11H2. The van der Waals surface area contributed by atoms with E-state index in [2.05, 4.69) is 4.98 Å². The Balaban J connectivity index is 1.91. The van der Waals surface area contributed by atoms with Crippen molar-refractivity contribution in [3.63, 3.8) is 0 Å². The highest BCUT2D eigenvalue weighted by molar-refractivity contribution is 6.40. The normalized spacial score (nSPS) is 14.7. The summed E-state index contributed by atoms with van der Waals surface area (Å²) in [6.45, 7) is 0.0604. The van der Waals surface area contributed by atoms with Gasteiger partial charge in [-0.2, -0.15) is 0 Å². The second-order valence-corrected chi connectivity index (χ2v) is 7.04. The van der Waals surface area contributed by atoms with E-state index in [0.717, 1.165) is 11.1 Å². The summed E-state index contributed by atoms with van der Waals surface area (Å²) in [7, 11) is 0. The second-order valence-electron chi connectivity index (χ2n) is 6.33. The lowest BCUT2D eigenvalue weighted by molar-refractivity contribution is 0.0424. The summed E-state index contributed by atoms with van der Waals surface area (Å²) in [5.74, 6) is -0.594. The molecule has 3 unspecified atom stereocenters. The molecule has 7 heteroatoms. The molecule has 2 aromatic carbocycles. The van der Waals surface area contributed by atoms with Crippen LogP contribution in [0.1, 0.15) is 28.7 Å². The van der Waals surface area contributed by atoms with Gasteiger partial charge in [-0.05, 0) is 16.7 Å². The van der Waals surface area contributed by atoms with Gasteiger partial charge in [-0.3, -0.25) is 0 Å². The van der Waals surface area contributed by atoms with Gasteiger partial charge in [-0.1, -0.05) is 77.8 Å². The molecule has 3 atom stereocenters. The van der Waals surface area contributed by atoms with Crippen LogP contribution in [0, 0.1) is 0 Å². The Bertz CT molecular complexity index is 869. The summed E-state index contributed by atoms with van der Waals surface area (Å²) in [6.07, 6.45) is -0.436. The molecule has 5 nitrogen and oxygen atoms in total. The van der Waals surface area contributed by atoms with Gasteiger partial charge in [-0.15, -0.1) is 0 Å². The third-order valence-electron chi connectivity index (χ3n) is 4.56. The number of aromatic nitrogens is 2. The zero-order chi connectivity index (χ0) is 19.4. The summed E-state index contributed by atoms with van der Waals surface area (Å²) in [4.78, 5) is 3.92. The largest absolute Gasteiger partial charge is 0.392 e. The van der Waals surface area contributed by atoms with Gasteiger partial charge in [0.1, 0.15) is 5.15 Å². The van der Waals surface area contributed by atoms with Crippen LogP contribution in [0.2, 0.25) is 10.3 Å². The van der Waals surface area contributed by atoms with Gasteiger partial charge in [0.2, 0.25) is 0 Å². The Morgan fingerprint density at radius 3 is 2.15 bits per heavy atom. The van der Waals surface area contributed by atoms with E-state index >= 15 is 0 Å². The van der Waals surface area contributed by atoms with Crippen molar-refractivity contribution >= 4 is 23.2 Å². The molecule has 3 rings (SSSR count). The van der Waals surface area contributed by atoms with Crippen LogP contribution >= 0.6 is 23.2 Å². The molecule has 0 amide bonds. The summed E-state index contributed by atoms with van der Waals surface area (Å²) < 4.78 is 1.55. The maximum absolute atomic E-state index is 11.0. The number of halogens is 2. The lowest BCUT2D eigenvalue weighted by Gasteiger charge is -2.29. The van der Waals surface area contributed by atoms with Gasteiger partial charge in [-0.25, -0.2) is 4.98 Å². The highest BCUT2D eigenvalue weighted by atomic mass is 35.5. The predicted octanol–water partition coefficient (Wildman–Crippen LogP) is 3.56. The van der Waals surface area contributed by atoms with E-state index in [1.165, 1.54) is 6.33 Å². The summed E-state index contributed by atoms with van der Waals surface area (Å²) in [5, 5.41) is 31.6. The predicted molar refractivity (Wildman–Crippen MR) is 105 cm³/mol. The molecule has 0 radical (unpaired) electrons. The van der Waals surface area contributed by atoms with Crippen LogP contribution in [0.5, 0.6) is 0 Å². The zero-order valence-electron chi connectivity index (χ0n) is 14.4. The molecule has 0 saturated carbocycles. The Morgan fingerprint density at radius 2 is 1.59 bits per heavy atom. The molecule has 0 saturated heterocycles. The first-order chi connectivity index (χ1) is 13.0. The third-order valence-corrected chi connectivity index (χ3v) is 5.33. The quantitative estimate of drug-likeness (QED) is 0.560. The first-order valence-corrected chi connectivity index (χ1v) is 9.23. The number of hydrogen-bond acceptors (Lipinski definition) is 4. The molecular weight excluding hydrogens is 387 g/mol. The number of imidazole rings is 1. The Hall–Kier alpha value is -1.89. The molecule has 0 aliphatic rings. The van der Waals surface area contributed by atoms with Gasteiger partial charge in [0.15, 0.2) is 5.15 Å². The fourth-order valence-electron chi connectivity index (χ4n) is 3.10. The average molecular weight is 407 g/mol. The van der Waals surface area contributed by atoms with Crippen molar-refractivity contribution in [2.75, 3.05) is 0 Å². The van der Waals surface area contributed by atoms with E-state index < -0.39 is 18.1 Å². The molecule has 1 aromatic heterocycles. The Labute approximate surface area is 167 Å². The molecular formula is C20H20Cl2N2O3. The van der Waals surface area contributed by atoms with Crippen LogP contribution in [0.25, 0.3) is 0 Å². The minimum atomic E-state index is -0.951. The molecule has 3 N–H and O–H groups in total. The van der Waals surface area contributed by atoms with Gasteiger partial charge >= 0.3 is 0 Å². The second kappa shape index (κ2) is 8.87. The monoisotopic (exact) mass is 406 g/mol. The maximum atomic E-state index is 11.0. The van der Waals surface area contributed by atoms with Crippen molar-refractivity contribution in [2.24, 2.45) is 0 Å². The first kappa shape index (κ1) is 19.9. The molecule has 0 aliphatic heterocycles. The van der Waals surface area contributed by atoms with Gasteiger partial charge in [0.05, 0.1) is 31.7 Å². The van der Waals surface area contributed by atoms with Crippen LogP contribution in [0.3, 0.4) is 0 Å². The number of nitrogens with zero attached hydrogens (tertiary/aromatic N) is 2. The van der Waals surface area contributed by atoms with Crippen LogP contribution in [0.15, 0.2) is 60.9 Å². The lowest BCUT2D eigenvalue weighted by atomic mass is 9.84. The van der Waals surface area contributed by atoms with Crippen molar-refractivity contribution in [1.29, 1.82) is 0 Å². The molecule has 27 heavy (non-hydrogen) atoms. The van der Waals surface area contributed by atoms with Crippen molar-refractivity contribution in [1.82, 2.24) is 9.55 Å². The Morgan fingerprint density at radius 1 is 0.926 bits per heavy atom. The molecule has 0 bridgehead atoms. The SMILES string of the molecule is OCc1ccc(C(O)C(c2ccccc2)C(O)Cn2cnc(Cl)c2Cl)cc1. The number of benzene rings is 2. The number of aliphatic hydroxyl groups excluding tert-OH is 3. The van der Waals surface area contributed by atoms with E-state index in [0.29, 0.717) is 5.56 Å². The van der Waals surface area contributed by atoms with Gasteiger partial charge in [0, 0.05) is 5.92 Å². The van der Waals surface area contributed by atoms with Crippen LogP contribution in [0.4, 0.5) is 0 Å². The zero-order valence-corrected chi connectivity index (χ0v) is 15.9. The molecule has 142 valence electrons. The molecule has 0 fully saturated rings. The molecule has 1 heterocycles. The van der Waals surface area contributed by atoms with Crippen LogP contribution in [-0.2, 0) is 13.2 Å². The van der Waals surface area contributed by atoms with Crippen LogP contribution < -0.4 is 0 Å². The van der Waals surface area contributed by atoms with Gasteiger partial charge < -0.3 is 19.9 Å². The minimum absolute atomic E-state index is 0.0685. The minimum Gasteiger partial charge on any atom is -0.392 e. The van der Waals surface area contributed by atoms with Crippen molar-refractivity contribution in [2.45, 2.75) is 31.3 Å². The highest BCUT2D eigenvalue weighted by Gasteiger charge is 2.30. The van der Waals surface area contributed by atoms with E-state index in [4.69, 9.17) is 23.2 Å². The third kappa shape index (κ3) is 4.51. The average Bonchev–Trinajstić information content (AvgIpc) is 3.01. The summed E-state index contributed by atoms with van der Waals surface area (Å²) in [6, 6.07) is 16.3. The fraction of sp³-hybridized carbons (Fsp3) is 0.250. The van der Waals surface area contributed by atoms with Gasteiger partial charge in [0.25, 0.3) is 0 Å². The van der Waals surface area contributed by atoms with E-state index in [9.17, 15) is 15.3 Å².